The molecule has 2 aromatic heterocycles. The highest BCUT2D eigenvalue weighted by Gasteiger charge is 2.38. The summed E-state index contributed by atoms with van der Waals surface area (Å²) in [5.74, 6) is -1.15. The van der Waals surface area contributed by atoms with Crippen LogP contribution in [-0.4, -0.2) is 35.4 Å². The van der Waals surface area contributed by atoms with E-state index < -0.39 is 23.0 Å². The van der Waals surface area contributed by atoms with E-state index in [4.69, 9.17) is 5.11 Å². The maximum atomic E-state index is 12.5. The van der Waals surface area contributed by atoms with Gasteiger partial charge in [0.05, 0.1) is 4.92 Å². The van der Waals surface area contributed by atoms with Crippen LogP contribution in [0.2, 0.25) is 0 Å². The first-order valence-electron chi connectivity index (χ1n) is 7.21. The molecule has 1 aliphatic carbocycles. The molecule has 0 amide bonds. The minimum absolute atomic E-state index is 0.0253. The minimum atomic E-state index is -1.25. The molecule has 1 aliphatic rings. The van der Waals surface area contributed by atoms with Crippen LogP contribution < -0.4 is 5.56 Å². The SMILES string of the molecule is CC(C)c1nn(CC(=O)O)c(=O)c2c([N+](=O)[O-])c(C3CC3)nn12. The first kappa shape index (κ1) is 15.1. The Morgan fingerprint density at radius 3 is 2.57 bits per heavy atom. The molecule has 0 spiro atoms. The van der Waals surface area contributed by atoms with Crippen LogP contribution in [0.1, 0.15) is 50.0 Å². The van der Waals surface area contributed by atoms with E-state index in [1.165, 1.54) is 4.52 Å². The monoisotopic (exact) mass is 321 g/mol. The zero-order valence-corrected chi connectivity index (χ0v) is 12.6. The van der Waals surface area contributed by atoms with Gasteiger partial charge < -0.3 is 5.11 Å². The molecule has 0 radical (unpaired) electrons. The number of carboxylic acids is 1. The summed E-state index contributed by atoms with van der Waals surface area (Å²) < 4.78 is 1.95. The van der Waals surface area contributed by atoms with Crippen LogP contribution in [0.3, 0.4) is 0 Å². The van der Waals surface area contributed by atoms with Crippen molar-refractivity contribution in [2.45, 2.75) is 45.1 Å². The third-order valence-corrected chi connectivity index (χ3v) is 3.71. The summed E-state index contributed by atoms with van der Waals surface area (Å²) in [7, 11) is 0. The third kappa shape index (κ3) is 2.45. The number of aromatic nitrogens is 4. The second-order valence-electron chi connectivity index (χ2n) is 5.90. The molecular formula is C13H15N5O5. The van der Waals surface area contributed by atoms with Gasteiger partial charge in [-0.05, 0) is 12.8 Å². The molecule has 0 bridgehead atoms. The van der Waals surface area contributed by atoms with Crippen molar-refractivity contribution in [1.82, 2.24) is 19.4 Å². The first-order valence-corrected chi connectivity index (χ1v) is 7.21. The normalized spacial score (nSPS) is 14.6. The predicted octanol–water partition coefficient (Wildman–Crippen LogP) is 0.885. The molecule has 23 heavy (non-hydrogen) atoms. The van der Waals surface area contributed by atoms with Crippen molar-refractivity contribution < 1.29 is 14.8 Å². The number of hydrogen-bond acceptors (Lipinski definition) is 6. The average Bonchev–Trinajstić information content (AvgIpc) is 3.20. The molecule has 2 aromatic rings. The van der Waals surface area contributed by atoms with E-state index >= 15 is 0 Å². The quantitative estimate of drug-likeness (QED) is 0.638. The van der Waals surface area contributed by atoms with Gasteiger partial charge in [0, 0.05) is 11.8 Å². The lowest BCUT2D eigenvalue weighted by Gasteiger charge is -2.09. The van der Waals surface area contributed by atoms with Crippen LogP contribution >= 0.6 is 0 Å². The summed E-state index contributed by atoms with van der Waals surface area (Å²) in [4.78, 5) is 34.3. The minimum Gasteiger partial charge on any atom is -0.480 e. The first-order chi connectivity index (χ1) is 10.8. The average molecular weight is 321 g/mol. The Morgan fingerprint density at radius 1 is 1.43 bits per heavy atom. The molecule has 1 fully saturated rings. The van der Waals surface area contributed by atoms with Gasteiger partial charge in [-0.3, -0.25) is 19.7 Å². The number of hydrogen-bond donors (Lipinski definition) is 1. The van der Waals surface area contributed by atoms with Gasteiger partial charge in [0.2, 0.25) is 5.52 Å². The maximum absolute atomic E-state index is 12.5. The number of aliphatic carboxylic acids is 1. The van der Waals surface area contributed by atoms with Crippen molar-refractivity contribution in [3.8, 4) is 0 Å². The van der Waals surface area contributed by atoms with E-state index in [0.29, 0.717) is 5.82 Å². The van der Waals surface area contributed by atoms with Gasteiger partial charge in [0.25, 0.3) is 0 Å². The van der Waals surface area contributed by atoms with Crippen molar-refractivity contribution in [2.24, 2.45) is 0 Å². The molecular weight excluding hydrogens is 306 g/mol. The number of carboxylic acid groups (broad SMARTS) is 1. The molecule has 0 atom stereocenters. The van der Waals surface area contributed by atoms with E-state index in [1.54, 1.807) is 13.8 Å². The van der Waals surface area contributed by atoms with Gasteiger partial charge in [-0.2, -0.15) is 10.2 Å². The van der Waals surface area contributed by atoms with Crippen molar-refractivity contribution in [1.29, 1.82) is 0 Å². The van der Waals surface area contributed by atoms with Crippen LogP contribution in [0.4, 0.5) is 5.69 Å². The number of fused-ring (bicyclic) bond motifs is 1. The van der Waals surface area contributed by atoms with Gasteiger partial charge in [-0.15, -0.1) is 0 Å². The number of nitrogens with zero attached hydrogens (tertiary/aromatic N) is 5. The number of rotatable bonds is 5. The number of carbonyl (C=O) groups is 1. The zero-order valence-electron chi connectivity index (χ0n) is 12.6. The largest absolute Gasteiger partial charge is 0.480 e. The Morgan fingerprint density at radius 2 is 2.09 bits per heavy atom. The van der Waals surface area contributed by atoms with Crippen LogP contribution in [0, 0.1) is 10.1 Å². The van der Waals surface area contributed by atoms with E-state index in [0.717, 1.165) is 17.5 Å². The Hall–Kier alpha value is -2.78. The van der Waals surface area contributed by atoms with Crippen molar-refractivity contribution in [3.05, 3.63) is 32.0 Å². The Kier molecular flexibility index (Phi) is 3.38. The fourth-order valence-electron chi connectivity index (χ4n) is 2.53. The second kappa shape index (κ2) is 5.14. The van der Waals surface area contributed by atoms with Gasteiger partial charge in [0.1, 0.15) is 12.2 Å². The molecule has 122 valence electrons. The van der Waals surface area contributed by atoms with Crippen molar-refractivity contribution >= 4 is 17.2 Å². The van der Waals surface area contributed by atoms with Gasteiger partial charge >= 0.3 is 17.2 Å². The van der Waals surface area contributed by atoms with E-state index in [9.17, 15) is 19.7 Å². The summed E-state index contributed by atoms with van der Waals surface area (Å²) in [6.07, 6.45) is 1.58. The number of nitro groups is 1. The van der Waals surface area contributed by atoms with Gasteiger partial charge in [-0.25, -0.2) is 9.20 Å². The topological polar surface area (TPSA) is 133 Å². The molecule has 0 aromatic carbocycles. The smallest absolute Gasteiger partial charge is 0.325 e. The molecule has 0 saturated heterocycles. The van der Waals surface area contributed by atoms with Gasteiger partial charge in [-0.1, -0.05) is 13.8 Å². The Bertz CT molecular complexity index is 877. The highest BCUT2D eigenvalue weighted by Crippen LogP contribution is 2.44. The molecule has 1 N–H and O–H groups in total. The summed E-state index contributed by atoms with van der Waals surface area (Å²) in [6.45, 7) is 2.93. The molecule has 3 rings (SSSR count). The van der Waals surface area contributed by atoms with Crippen molar-refractivity contribution in [3.63, 3.8) is 0 Å². The lowest BCUT2D eigenvalue weighted by molar-refractivity contribution is -0.383. The highest BCUT2D eigenvalue weighted by atomic mass is 16.6. The molecule has 10 heteroatoms. The second-order valence-corrected chi connectivity index (χ2v) is 5.90. The standard InChI is InChI=1S/C13H15N5O5/c1-6(2)12-15-16(5-8(19)20)13(21)11-10(18(22)23)9(7-3-4-7)14-17(11)12/h6-7H,3-5H2,1-2H3,(H,19,20). The summed E-state index contributed by atoms with van der Waals surface area (Å²) in [6, 6.07) is 0. The van der Waals surface area contributed by atoms with Crippen molar-refractivity contribution in [2.75, 3.05) is 0 Å². The van der Waals surface area contributed by atoms with Crippen LogP contribution in [0.15, 0.2) is 4.79 Å². The van der Waals surface area contributed by atoms with Crippen LogP contribution in [-0.2, 0) is 11.3 Å². The summed E-state index contributed by atoms with van der Waals surface area (Å²) in [5.41, 5.74) is -1.08. The van der Waals surface area contributed by atoms with Crippen LogP contribution in [0.25, 0.3) is 5.52 Å². The molecule has 0 aliphatic heterocycles. The molecule has 1 saturated carbocycles. The summed E-state index contributed by atoms with van der Waals surface area (Å²) in [5, 5.41) is 28.7. The van der Waals surface area contributed by atoms with E-state index in [-0.39, 0.29) is 28.7 Å². The Balaban J connectivity index is 2.40. The predicted molar refractivity (Wildman–Crippen MR) is 77.6 cm³/mol. The maximum Gasteiger partial charge on any atom is 0.325 e. The van der Waals surface area contributed by atoms with Crippen LogP contribution in [0.5, 0.6) is 0 Å². The molecule has 0 unspecified atom stereocenters. The van der Waals surface area contributed by atoms with E-state index in [1.807, 2.05) is 0 Å². The fraction of sp³-hybridized carbons (Fsp3) is 0.538. The lowest BCUT2D eigenvalue weighted by atomic mass is 10.2. The zero-order chi connectivity index (χ0) is 16.9. The molecule has 10 nitrogen and oxygen atoms in total. The highest BCUT2D eigenvalue weighted by molar-refractivity contribution is 5.69. The third-order valence-electron chi connectivity index (χ3n) is 3.71. The van der Waals surface area contributed by atoms with Gasteiger partial charge in [0.15, 0.2) is 5.82 Å². The lowest BCUT2D eigenvalue weighted by Crippen LogP contribution is -2.30. The fourth-order valence-corrected chi connectivity index (χ4v) is 2.53. The Labute approximate surface area is 129 Å². The van der Waals surface area contributed by atoms with E-state index in [2.05, 4.69) is 10.2 Å². The summed E-state index contributed by atoms with van der Waals surface area (Å²) >= 11 is 0. The molecule has 2 heterocycles.